The molecule has 1 aromatic rings. The molecule has 0 aliphatic heterocycles. The molecule has 0 unspecified atom stereocenters. The number of nitrogens with two attached hydrogens (primary N) is 1. The van der Waals surface area contributed by atoms with Gasteiger partial charge in [-0.15, -0.1) is 0 Å². The Morgan fingerprint density at radius 2 is 2.06 bits per heavy atom. The van der Waals surface area contributed by atoms with Gasteiger partial charge in [0, 0.05) is 17.8 Å². The van der Waals surface area contributed by atoms with E-state index in [1.54, 1.807) is 18.2 Å². The van der Waals surface area contributed by atoms with Crippen molar-refractivity contribution in [2.24, 2.45) is 5.73 Å². The van der Waals surface area contributed by atoms with Gasteiger partial charge in [0.1, 0.15) is 5.75 Å². The third kappa shape index (κ3) is 4.19. The highest BCUT2D eigenvalue weighted by Crippen LogP contribution is 2.23. The zero-order chi connectivity index (χ0) is 13.6. The van der Waals surface area contributed by atoms with Crippen LogP contribution in [0.3, 0.4) is 0 Å². The monoisotopic (exact) mass is 272 g/mol. The summed E-state index contributed by atoms with van der Waals surface area (Å²) in [7, 11) is -3.27. The molecule has 0 bridgehead atoms. The van der Waals surface area contributed by atoms with E-state index in [9.17, 15) is 8.42 Å². The van der Waals surface area contributed by atoms with Crippen molar-refractivity contribution >= 4 is 15.7 Å². The van der Waals surface area contributed by atoms with E-state index in [2.05, 4.69) is 4.72 Å². The van der Waals surface area contributed by atoms with Crippen molar-refractivity contribution in [2.75, 3.05) is 17.1 Å². The van der Waals surface area contributed by atoms with Crippen molar-refractivity contribution < 1.29 is 13.2 Å². The summed E-state index contributed by atoms with van der Waals surface area (Å²) >= 11 is 0. The predicted octanol–water partition coefficient (Wildman–Crippen LogP) is 1.70. The highest BCUT2D eigenvalue weighted by atomic mass is 32.2. The molecule has 0 atom stereocenters. The van der Waals surface area contributed by atoms with Crippen LogP contribution in [-0.4, -0.2) is 20.8 Å². The third-order valence-corrected chi connectivity index (χ3v) is 3.82. The van der Waals surface area contributed by atoms with Crippen LogP contribution in [0.15, 0.2) is 18.2 Å². The van der Waals surface area contributed by atoms with Crippen LogP contribution in [0.25, 0.3) is 0 Å². The molecule has 102 valence electrons. The fourth-order valence-corrected chi connectivity index (χ4v) is 2.72. The van der Waals surface area contributed by atoms with Crippen molar-refractivity contribution in [3.05, 3.63) is 23.8 Å². The fourth-order valence-electron chi connectivity index (χ4n) is 1.60. The summed E-state index contributed by atoms with van der Waals surface area (Å²) in [5.41, 5.74) is 6.92. The van der Waals surface area contributed by atoms with E-state index >= 15 is 0 Å². The first kappa shape index (κ1) is 14.8. The molecule has 6 heteroatoms. The van der Waals surface area contributed by atoms with Crippen LogP contribution in [0.2, 0.25) is 0 Å². The molecule has 0 saturated heterocycles. The van der Waals surface area contributed by atoms with E-state index in [0.717, 1.165) is 5.56 Å². The molecule has 1 aromatic carbocycles. The summed E-state index contributed by atoms with van der Waals surface area (Å²) in [6.07, 6.45) is 0.579. The van der Waals surface area contributed by atoms with Gasteiger partial charge >= 0.3 is 0 Å². The number of nitrogens with one attached hydrogen (secondary N) is 1. The highest BCUT2D eigenvalue weighted by molar-refractivity contribution is 7.92. The lowest BCUT2D eigenvalue weighted by atomic mass is 10.2. The Labute approximate surface area is 108 Å². The van der Waals surface area contributed by atoms with E-state index in [4.69, 9.17) is 10.5 Å². The van der Waals surface area contributed by atoms with Gasteiger partial charge in [0.2, 0.25) is 10.0 Å². The first-order chi connectivity index (χ1) is 8.52. The Morgan fingerprint density at radius 3 is 2.61 bits per heavy atom. The minimum Gasteiger partial charge on any atom is -0.494 e. The second-order valence-electron chi connectivity index (χ2n) is 3.88. The lowest BCUT2D eigenvalue weighted by molar-refractivity contribution is 0.336. The van der Waals surface area contributed by atoms with Crippen LogP contribution < -0.4 is 15.2 Å². The van der Waals surface area contributed by atoms with E-state index in [1.165, 1.54) is 0 Å². The zero-order valence-electron chi connectivity index (χ0n) is 10.8. The molecular weight excluding hydrogens is 252 g/mol. The van der Waals surface area contributed by atoms with Crippen LogP contribution in [-0.2, 0) is 16.6 Å². The number of hydrogen-bond donors (Lipinski definition) is 2. The molecule has 0 fully saturated rings. The topological polar surface area (TPSA) is 81.4 Å². The summed E-state index contributed by atoms with van der Waals surface area (Å²) in [4.78, 5) is 0. The second kappa shape index (κ2) is 6.61. The number of ether oxygens (including phenoxy) is 1. The first-order valence-electron chi connectivity index (χ1n) is 5.98. The average molecular weight is 272 g/mol. The molecule has 1 rings (SSSR count). The van der Waals surface area contributed by atoms with Gasteiger partial charge in [-0.25, -0.2) is 8.42 Å². The Kier molecular flexibility index (Phi) is 5.43. The summed E-state index contributed by atoms with van der Waals surface area (Å²) in [6, 6.07) is 5.12. The van der Waals surface area contributed by atoms with Crippen LogP contribution in [0, 0.1) is 0 Å². The van der Waals surface area contributed by atoms with Crippen molar-refractivity contribution in [2.45, 2.75) is 26.8 Å². The minimum atomic E-state index is -3.27. The maximum atomic E-state index is 11.6. The average Bonchev–Trinajstić information content (AvgIpc) is 2.30. The van der Waals surface area contributed by atoms with Gasteiger partial charge < -0.3 is 10.5 Å². The minimum absolute atomic E-state index is 0.109. The third-order valence-electron chi connectivity index (χ3n) is 2.33. The largest absolute Gasteiger partial charge is 0.494 e. The smallest absolute Gasteiger partial charge is 0.232 e. The van der Waals surface area contributed by atoms with Crippen LogP contribution in [0.5, 0.6) is 5.75 Å². The molecular formula is C12H20N2O3S. The summed E-state index contributed by atoms with van der Waals surface area (Å²) in [5.74, 6) is 0.802. The van der Waals surface area contributed by atoms with Gasteiger partial charge in [0.25, 0.3) is 0 Å². The SMILES string of the molecule is CCCS(=O)(=O)Nc1ccc(OCC)c(CN)c1. The van der Waals surface area contributed by atoms with Crippen LogP contribution >= 0.6 is 0 Å². The number of rotatable bonds is 7. The molecule has 0 aliphatic rings. The van der Waals surface area contributed by atoms with E-state index in [0.29, 0.717) is 31.0 Å². The maximum absolute atomic E-state index is 11.6. The molecule has 5 nitrogen and oxygen atoms in total. The zero-order valence-corrected chi connectivity index (χ0v) is 11.6. The van der Waals surface area contributed by atoms with Crippen molar-refractivity contribution in [1.82, 2.24) is 0 Å². The van der Waals surface area contributed by atoms with Crippen molar-refractivity contribution in [3.8, 4) is 5.75 Å². The summed E-state index contributed by atoms with van der Waals surface area (Å²) in [5, 5.41) is 0. The standard InChI is InChI=1S/C12H20N2O3S/c1-3-7-18(15,16)14-11-5-6-12(17-4-2)10(8-11)9-13/h5-6,8,14H,3-4,7,9,13H2,1-2H3. The Morgan fingerprint density at radius 1 is 1.33 bits per heavy atom. The van der Waals surface area contributed by atoms with Gasteiger partial charge in [-0.05, 0) is 31.5 Å². The quantitative estimate of drug-likeness (QED) is 0.791. The Hall–Kier alpha value is -1.27. The predicted molar refractivity (Wildman–Crippen MR) is 73.2 cm³/mol. The van der Waals surface area contributed by atoms with Gasteiger partial charge in [0.15, 0.2) is 0 Å². The molecule has 3 N–H and O–H groups in total. The summed E-state index contributed by atoms with van der Waals surface area (Å²) in [6.45, 7) is 4.56. The van der Waals surface area contributed by atoms with Gasteiger partial charge in [-0.3, -0.25) is 4.72 Å². The first-order valence-corrected chi connectivity index (χ1v) is 7.64. The molecule has 0 saturated carbocycles. The maximum Gasteiger partial charge on any atom is 0.232 e. The lowest BCUT2D eigenvalue weighted by Crippen LogP contribution is -2.16. The van der Waals surface area contributed by atoms with Gasteiger partial charge in [-0.2, -0.15) is 0 Å². The summed E-state index contributed by atoms with van der Waals surface area (Å²) < 4.78 is 31.2. The molecule has 0 heterocycles. The molecule has 0 aromatic heterocycles. The lowest BCUT2D eigenvalue weighted by Gasteiger charge is -2.12. The number of sulfonamides is 1. The number of benzene rings is 1. The van der Waals surface area contributed by atoms with Crippen molar-refractivity contribution in [3.63, 3.8) is 0 Å². The van der Waals surface area contributed by atoms with E-state index in [-0.39, 0.29) is 5.75 Å². The number of anilines is 1. The van der Waals surface area contributed by atoms with Crippen molar-refractivity contribution in [1.29, 1.82) is 0 Å². The fraction of sp³-hybridized carbons (Fsp3) is 0.500. The molecule has 0 spiro atoms. The van der Waals surface area contributed by atoms with Crippen LogP contribution in [0.4, 0.5) is 5.69 Å². The van der Waals surface area contributed by atoms with Gasteiger partial charge in [-0.1, -0.05) is 6.92 Å². The highest BCUT2D eigenvalue weighted by Gasteiger charge is 2.10. The molecule has 0 aliphatic carbocycles. The Bertz CT molecular complexity index is 486. The van der Waals surface area contributed by atoms with E-state index in [1.807, 2.05) is 13.8 Å². The van der Waals surface area contributed by atoms with Gasteiger partial charge in [0.05, 0.1) is 12.4 Å². The number of hydrogen-bond acceptors (Lipinski definition) is 4. The molecule has 0 radical (unpaired) electrons. The molecule has 18 heavy (non-hydrogen) atoms. The normalized spacial score (nSPS) is 11.3. The second-order valence-corrected chi connectivity index (χ2v) is 5.72. The Balaban J connectivity index is 2.92. The molecule has 0 amide bonds. The van der Waals surface area contributed by atoms with Crippen LogP contribution in [0.1, 0.15) is 25.8 Å². The van der Waals surface area contributed by atoms with E-state index < -0.39 is 10.0 Å².